The standard InChI is InChI=1S/C18H27N5O2/c1-2-21-12-19-20-17(21)14-5-7-22(8-6-14)18(25)15-9-16(24)23(11-15)10-13-3-4-13/h12-15H,2-11H2,1H3. The number of amides is 2. The SMILES string of the molecule is CCn1cnnc1C1CCN(C(=O)C2CC(=O)N(CC3CC3)C2)CC1. The van der Waals surface area contributed by atoms with Gasteiger partial charge < -0.3 is 14.4 Å². The van der Waals surface area contributed by atoms with E-state index in [4.69, 9.17) is 0 Å². The minimum absolute atomic E-state index is 0.137. The van der Waals surface area contributed by atoms with Gasteiger partial charge in [-0.25, -0.2) is 0 Å². The van der Waals surface area contributed by atoms with E-state index in [2.05, 4.69) is 21.7 Å². The highest BCUT2D eigenvalue weighted by molar-refractivity contribution is 5.89. The predicted octanol–water partition coefficient (Wildman–Crippen LogP) is 1.26. The highest BCUT2D eigenvalue weighted by Gasteiger charge is 2.39. The number of piperidine rings is 1. The lowest BCUT2D eigenvalue weighted by Gasteiger charge is -2.33. The van der Waals surface area contributed by atoms with Gasteiger partial charge >= 0.3 is 0 Å². The van der Waals surface area contributed by atoms with Gasteiger partial charge in [0.05, 0.1) is 5.92 Å². The van der Waals surface area contributed by atoms with Crippen LogP contribution in [0.25, 0.3) is 0 Å². The maximum Gasteiger partial charge on any atom is 0.227 e. The van der Waals surface area contributed by atoms with Crippen LogP contribution in [-0.2, 0) is 16.1 Å². The number of nitrogens with zero attached hydrogens (tertiary/aromatic N) is 5. The van der Waals surface area contributed by atoms with Gasteiger partial charge in [0.25, 0.3) is 0 Å². The zero-order valence-corrected chi connectivity index (χ0v) is 14.9. The van der Waals surface area contributed by atoms with E-state index in [0.717, 1.165) is 44.8 Å². The third-order valence-electron chi connectivity index (χ3n) is 5.90. The van der Waals surface area contributed by atoms with Crippen molar-refractivity contribution in [3.05, 3.63) is 12.2 Å². The van der Waals surface area contributed by atoms with E-state index in [0.29, 0.717) is 24.8 Å². The van der Waals surface area contributed by atoms with E-state index >= 15 is 0 Å². The van der Waals surface area contributed by atoms with E-state index in [1.807, 2.05) is 9.80 Å². The number of hydrogen-bond donors (Lipinski definition) is 0. The molecule has 0 bridgehead atoms. The van der Waals surface area contributed by atoms with Crippen molar-refractivity contribution in [3.8, 4) is 0 Å². The van der Waals surface area contributed by atoms with Crippen molar-refractivity contribution in [1.29, 1.82) is 0 Å². The molecule has 0 spiro atoms. The van der Waals surface area contributed by atoms with Crippen molar-refractivity contribution >= 4 is 11.8 Å². The first kappa shape index (κ1) is 16.5. The summed E-state index contributed by atoms with van der Waals surface area (Å²) in [6.45, 7) is 5.97. The van der Waals surface area contributed by atoms with Gasteiger partial charge in [0.1, 0.15) is 12.2 Å². The summed E-state index contributed by atoms with van der Waals surface area (Å²) < 4.78 is 2.09. The van der Waals surface area contributed by atoms with Crippen LogP contribution in [0, 0.1) is 11.8 Å². The van der Waals surface area contributed by atoms with Crippen LogP contribution in [0.3, 0.4) is 0 Å². The second-order valence-corrected chi connectivity index (χ2v) is 7.72. The number of likely N-dealkylation sites (tertiary alicyclic amines) is 2. The van der Waals surface area contributed by atoms with Crippen molar-refractivity contribution < 1.29 is 9.59 Å². The minimum Gasteiger partial charge on any atom is -0.342 e. The molecule has 1 saturated carbocycles. The number of hydrogen-bond acceptors (Lipinski definition) is 4. The molecule has 2 amide bonds. The van der Waals surface area contributed by atoms with E-state index in [1.54, 1.807) is 6.33 Å². The molecule has 1 aromatic rings. The molecule has 4 rings (SSSR count). The predicted molar refractivity (Wildman–Crippen MR) is 91.7 cm³/mol. The van der Waals surface area contributed by atoms with Gasteiger partial charge in [-0.2, -0.15) is 0 Å². The molecule has 3 heterocycles. The number of aromatic nitrogens is 3. The van der Waals surface area contributed by atoms with Gasteiger partial charge in [-0.1, -0.05) is 0 Å². The quantitative estimate of drug-likeness (QED) is 0.805. The van der Waals surface area contributed by atoms with Crippen LogP contribution in [0.15, 0.2) is 6.33 Å². The van der Waals surface area contributed by atoms with Crippen LogP contribution in [0.5, 0.6) is 0 Å². The fraction of sp³-hybridized carbons (Fsp3) is 0.778. The minimum atomic E-state index is -0.137. The molecule has 1 atom stereocenters. The Balaban J connectivity index is 1.31. The molecule has 7 nitrogen and oxygen atoms in total. The van der Waals surface area contributed by atoms with E-state index in [9.17, 15) is 9.59 Å². The third-order valence-corrected chi connectivity index (χ3v) is 5.90. The first-order valence-electron chi connectivity index (χ1n) is 9.60. The second kappa shape index (κ2) is 6.77. The second-order valence-electron chi connectivity index (χ2n) is 7.72. The normalized spacial score (nSPS) is 25.0. The Morgan fingerprint density at radius 1 is 1.24 bits per heavy atom. The highest BCUT2D eigenvalue weighted by atomic mass is 16.2. The van der Waals surface area contributed by atoms with E-state index in [1.165, 1.54) is 12.8 Å². The van der Waals surface area contributed by atoms with Gasteiger partial charge in [0, 0.05) is 45.1 Å². The molecule has 3 aliphatic rings. The first-order chi connectivity index (χ1) is 12.2. The molecule has 2 saturated heterocycles. The molecular formula is C18H27N5O2. The molecule has 0 aromatic carbocycles. The molecule has 25 heavy (non-hydrogen) atoms. The van der Waals surface area contributed by atoms with Crippen LogP contribution in [-0.4, -0.2) is 62.6 Å². The Bertz CT molecular complexity index is 646. The average Bonchev–Trinajstić information content (AvgIpc) is 3.19. The summed E-state index contributed by atoms with van der Waals surface area (Å²) in [5.41, 5.74) is 0. The van der Waals surface area contributed by atoms with Crippen LogP contribution in [0.1, 0.15) is 50.8 Å². The Labute approximate surface area is 148 Å². The summed E-state index contributed by atoms with van der Waals surface area (Å²) in [7, 11) is 0. The summed E-state index contributed by atoms with van der Waals surface area (Å²) in [4.78, 5) is 28.8. The van der Waals surface area contributed by atoms with Crippen molar-refractivity contribution in [1.82, 2.24) is 24.6 Å². The fourth-order valence-electron chi connectivity index (χ4n) is 4.17. The van der Waals surface area contributed by atoms with Crippen LogP contribution in [0.2, 0.25) is 0 Å². The van der Waals surface area contributed by atoms with Gasteiger partial charge in [-0.15, -0.1) is 10.2 Å². The van der Waals surface area contributed by atoms with Crippen molar-refractivity contribution in [2.24, 2.45) is 11.8 Å². The zero-order valence-electron chi connectivity index (χ0n) is 14.9. The lowest BCUT2D eigenvalue weighted by Crippen LogP contribution is -2.42. The van der Waals surface area contributed by atoms with Gasteiger partial charge in [0.2, 0.25) is 11.8 Å². The van der Waals surface area contributed by atoms with Crippen molar-refractivity contribution in [2.45, 2.75) is 51.5 Å². The van der Waals surface area contributed by atoms with E-state index in [-0.39, 0.29) is 17.7 Å². The number of carbonyl (C=O) groups excluding carboxylic acids is 2. The number of aryl methyl sites for hydroxylation is 1. The van der Waals surface area contributed by atoms with Gasteiger partial charge in [-0.05, 0) is 38.5 Å². The maximum atomic E-state index is 12.8. The molecule has 1 aliphatic carbocycles. The molecule has 7 heteroatoms. The first-order valence-corrected chi connectivity index (χ1v) is 9.60. The lowest BCUT2D eigenvalue weighted by molar-refractivity contribution is -0.136. The summed E-state index contributed by atoms with van der Waals surface area (Å²) in [6.07, 6.45) is 6.51. The summed E-state index contributed by atoms with van der Waals surface area (Å²) in [6, 6.07) is 0. The molecule has 0 N–H and O–H groups in total. The molecule has 2 aliphatic heterocycles. The van der Waals surface area contributed by atoms with Crippen LogP contribution < -0.4 is 0 Å². The summed E-state index contributed by atoms with van der Waals surface area (Å²) in [5, 5.41) is 8.29. The van der Waals surface area contributed by atoms with Crippen LogP contribution >= 0.6 is 0 Å². The lowest BCUT2D eigenvalue weighted by atomic mass is 9.94. The van der Waals surface area contributed by atoms with Crippen molar-refractivity contribution in [2.75, 3.05) is 26.2 Å². The zero-order chi connectivity index (χ0) is 17.4. The fourth-order valence-corrected chi connectivity index (χ4v) is 4.17. The van der Waals surface area contributed by atoms with Crippen molar-refractivity contribution in [3.63, 3.8) is 0 Å². The molecule has 3 fully saturated rings. The average molecular weight is 345 g/mol. The van der Waals surface area contributed by atoms with E-state index < -0.39 is 0 Å². The monoisotopic (exact) mass is 345 g/mol. The summed E-state index contributed by atoms with van der Waals surface area (Å²) in [5.74, 6) is 2.30. The number of carbonyl (C=O) groups is 2. The smallest absolute Gasteiger partial charge is 0.227 e. The molecule has 1 unspecified atom stereocenters. The molecule has 0 radical (unpaired) electrons. The topological polar surface area (TPSA) is 71.3 Å². The molecule has 1 aromatic heterocycles. The molecular weight excluding hydrogens is 318 g/mol. The number of rotatable bonds is 5. The third kappa shape index (κ3) is 3.41. The Morgan fingerprint density at radius 3 is 2.68 bits per heavy atom. The van der Waals surface area contributed by atoms with Gasteiger partial charge in [-0.3, -0.25) is 9.59 Å². The Hall–Kier alpha value is -1.92. The largest absolute Gasteiger partial charge is 0.342 e. The molecule has 136 valence electrons. The highest BCUT2D eigenvalue weighted by Crippen LogP contribution is 2.33. The maximum absolute atomic E-state index is 12.8. The van der Waals surface area contributed by atoms with Gasteiger partial charge in [0.15, 0.2) is 0 Å². The summed E-state index contributed by atoms with van der Waals surface area (Å²) >= 11 is 0. The Kier molecular flexibility index (Phi) is 4.48. The Morgan fingerprint density at radius 2 is 2.00 bits per heavy atom. The van der Waals surface area contributed by atoms with Crippen LogP contribution in [0.4, 0.5) is 0 Å².